The Bertz CT molecular complexity index is 725. The zero-order valence-corrected chi connectivity index (χ0v) is 14.3. The van der Waals surface area contributed by atoms with Gasteiger partial charge in [-0.2, -0.15) is 0 Å². The van der Waals surface area contributed by atoms with Gasteiger partial charge in [-0.1, -0.05) is 36.4 Å². The molecule has 1 saturated heterocycles. The van der Waals surface area contributed by atoms with E-state index in [0.717, 1.165) is 38.8 Å². The first-order valence-electron chi connectivity index (χ1n) is 8.82. The van der Waals surface area contributed by atoms with Crippen molar-refractivity contribution in [3.63, 3.8) is 0 Å². The minimum absolute atomic E-state index is 0.0868. The molecule has 0 unspecified atom stereocenters. The van der Waals surface area contributed by atoms with Crippen molar-refractivity contribution in [2.24, 2.45) is 0 Å². The van der Waals surface area contributed by atoms with Crippen molar-refractivity contribution in [2.75, 3.05) is 19.6 Å². The molecule has 0 aliphatic carbocycles. The van der Waals surface area contributed by atoms with Gasteiger partial charge in [0.25, 0.3) is 11.8 Å². The molecule has 0 bridgehead atoms. The van der Waals surface area contributed by atoms with Gasteiger partial charge in [0.05, 0.1) is 0 Å². The van der Waals surface area contributed by atoms with Gasteiger partial charge in [0.2, 0.25) is 0 Å². The van der Waals surface area contributed by atoms with Gasteiger partial charge in [-0.25, -0.2) is 4.98 Å². The highest BCUT2D eigenvalue weighted by molar-refractivity contribution is 5.96. The number of likely N-dealkylation sites (tertiary alicyclic amines) is 1. The summed E-state index contributed by atoms with van der Waals surface area (Å²) in [7, 11) is 0. The second-order valence-electron chi connectivity index (χ2n) is 6.25. The van der Waals surface area contributed by atoms with E-state index >= 15 is 0 Å². The predicted octanol–water partition coefficient (Wildman–Crippen LogP) is 2.68. The maximum atomic E-state index is 12.4. The van der Waals surface area contributed by atoms with Crippen molar-refractivity contribution in [3.05, 3.63) is 65.5 Å². The number of hydrogen-bond donors (Lipinski definition) is 1. The van der Waals surface area contributed by atoms with Crippen molar-refractivity contribution < 1.29 is 9.59 Å². The summed E-state index contributed by atoms with van der Waals surface area (Å²) in [5.41, 5.74) is 1.90. The molecule has 2 aromatic rings. The summed E-state index contributed by atoms with van der Waals surface area (Å²) in [6.45, 7) is 2.13. The molecule has 5 heteroatoms. The third kappa shape index (κ3) is 4.66. The third-order valence-electron chi connectivity index (χ3n) is 4.36. The van der Waals surface area contributed by atoms with Crippen molar-refractivity contribution >= 4 is 11.8 Å². The van der Waals surface area contributed by atoms with Crippen LogP contribution in [0.15, 0.2) is 48.5 Å². The number of rotatable bonds is 6. The molecule has 130 valence electrons. The Morgan fingerprint density at radius 2 is 1.68 bits per heavy atom. The molecule has 0 saturated carbocycles. The van der Waals surface area contributed by atoms with Crippen LogP contribution in [-0.2, 0) is 6.42 Å². The van der Waals surface area contributed by atoms with Crippen LogP contribution in [0, 0.1) is 0 Å². The number of hydrogen-bond acceptors (Lipinski definition) is 3. The van der Waals surface area contributed by atoms with Gasteiger partial charge in [0.1, 0.15) is 11.4 Å². The van der Waals surface area contributed by atoms with Gasteiger partial charge in [0, 0.05) is 19.6 Å². The Morgan fingerprint density at radius 3 is 2.44 bits per heavy atom. The maximum absolute atomic E-state index is 12.4. The first-order valence-corrected chi connectivity index (χ1v) is 8.82. The van der Waals surface area contributed by atoms with Crippen LogP contribution in [0.2, 0.25) is 0 Å². The maximum Gasteiger partial charge on any atom is 0.272 e. The second-order valence-corrected chi connectivity index (χ2v) is 6.25. The number of aryl methyl sites for hydroxylation is 1. The minimum atomic E-state index is -0.232. The number of carbonyl (C=O) groups excluding carboxylic acids is 2. The summed E-state index contributed by atoms with van der Waals surface area (Å²) >= 11 is 0. The smallest absolute Gasteiger partial charge is 0.272 e. The van der Waals surface area contributed by atoms with E-state index in [0.29, 0.717) is 17.9 Å². The average Bonchev–Trinajstić information content (AvgIpc) is 3.20. The lowest BCUT2D eigenvalue weighted by atomic mass is 10.1. The van der Waals surface area contributed by atoms with Crippen LogP contribution >= 0.6 is 0 Å². The van der Waals surface area contributed by atoms with E-state index in [-0.39, 0.29) is 11.8 Å². The summed E-state index contributed by atoms with van der Waals surface area (Å²) in [4.78, 5) is 30.7. The van der Waals surface area contributed by atoms with Gasteiger partial charge in [-0.15, -0.1) is 0 Å². The summed E-state index contributed by atoms with van der Waals surface area (Å²) in [6, 6.07) is 15.2. The standard InChI is InChI=1S/C20H23N3O2/c24-19(21-13-7-10-16-8-2-1-3-9-16)17-11-6-12-18(22-17)20(25)23-14-4-5-15-23/h1-3,6,8-9,11-12H,4-5,7,10,13-15H2,(H,21,24). The van der Waals surface area contributed by atoms with Crippen molar-refractivity contribution in [2.45, 2.75) is 25.7 Å². The summed E-state index contributed by atoms with van der Waals surface area (Å²) < 4.78 is 0. The molecule has 0 atom stereocenters. The van der Waals surface area contributed by atoms with Crippen LogP contribution in [0.4, 0.5) is 0 Å². The molecule has 0 radical (unpaired) electrons. The second kappa shape index (κ2) is 8.42. The molecule has 5 nitrogen and oxygen atoms in total. The molecule has 3 rings (SSSR count). The number of aromatic nitrogens is 1. The number of nitrogens with zero attached hydrogens (tertiary/aromatic N) is 2. The van der Waals surface area contributed by atoms with E-state index in [2.05, 4.69) is 22.4 Å². The molecular formula is C20H23N3O2. The lowest BCUT2D eigenvalue weighted by Gasteiger charge is -2.14. The van der Waals surface area contributed by atoms with E-state index in [9.17, 15) is 9.59 Å². The Hall–Kier alpha value is -2.69. The first-order chi connectivity index (χ1) is 12.2. The number of amides is 2. The normalized spacial score (nSPS) is 13.7. The van der Waals surface area contributed by atoms with Crippen LogP contribution < -0.4 is 5.32 Å². The summed E-state index contributed by atoms with van der Waals surface area (Å²) in [5.74, 6) is -0.319. The van der Waals surface area contributed by atoms with Gasteiger partial charge in [-0.05, 0) is 43.4 Å². The monoisotopic (exact) mass is 337 g/mol. The molecule has 1 aliphatic heterocycles. The highest BCUT2D eigenvalue weighted by Crippen LogP contribution is 2.12. The topological polar surface area (TPSA) is 62.3 Å². The zero-order valence-electron chi connectivity index (χ0n) is 14.3. The number of pyridine rings is 1. The minimum Gasteiger partial charge on any atom is -0.351 e. The number of benzene rings is 1. The van der Waals surface area contributed by atoms with E-state index < -0.39 is 0 Å². The molecule has 2 heterocycles. The van der Waals surface area contributed by atoms with E-state index in [4.69, 9.17) is 0 Å². The van der Waals surface area contributed by atoms with Crippen molar-refractivity contribution in [1.82, 2.24) is 15.2 Å². The van der Waals surface area contributed by atoms with Crippen LogP contribution in [0.25, 0.3) is 0 Å². The molecule has 1 aromatic heterocycles. The number of nitrogens with one attached hydrogen (secondary N) is 1. The van der Waals surface area contributed by atoms with Crippen LogP contribution in [0.3, 0.4) is 0 Å². The van der Waals surface area contributed by atoms with Crippen molar-refractivity contribution in [1.29, 1.82) is 0 Å². The van der Waals surface area contributed by atoms with Crippen LogP contribution in [-0.4, -0.2) is 41.3 Å². The molecule has 0 spiro atoms. The summed E-state index contributed by atoms with van der Waals surface area (Å²) in [6.07, 6.45) is 3.85. The first kappa shape index (κ1) is 17.1. The van der Waals surface area contributed by atoms with E-state index in [1.807, 2.05) is 18.2 Å². The van der Waals surface area contributed by atoms with Crippen LogP contribution in [0.5, 0.6) is 0 Å². The fourth-order valence-corrected chi connectivity index (χ4v) is 2.99. The Labute approximate surface area is 148 Å². The molecule has 1 aromatic carbocycles. The Kier molecular flexibility index (Phi) is 5.77. The lowest BCUT2D eigenvalue weighted by Crippen LogP contribution is -2.30. The predicted molar refractivity (Wildman–Crippen MR) is 96.5 cm³/mol. The molecule has 1 aliphatic rings. The number of carbonyl (C=O) groups is 2. The molecular weight excluding hydrogens is 314 g/mol. The van der Waals surface area contributed by atoms with Gasteiger partial charge >= 0.3 is 0 Å². The molecule has 1 N–H and O–H groups in total. The summed E-state index contributed by atoms with van der Waals surface area (Å²) in [5, 5.41) is 2.88. The SMILES string of the molecule is O=C(NCCCc1ccccc1)c1cccc(C(=O)N2CCCC2)n1. The largest absolute Gasteiger partial charge is 0.351 e. The lowest BCUT2D eigenvalue weighted by molar-refractivity contribution is 0.0787. The van der Waals surface area contributed by atoms with E-state index in [1.165, 1.54) is 5.56 Å². The van der Waals surface area contributed by atoms with Crippen LogP contribution in [0.1, 0.15) is 45.8 Å². The fourth-order valence-electron chi connectivity index (χ4n) is 2.99. The van der Waals surface area contributed by atoms with Gasteiger partial charge in [-0.3, -0.25) is 9.59 Å². The fraction of sp³-hybridized carbons (Fsp3) is 0.350. The van der Waals surface area contributed by atoms with Gasteiger partial charge in [0.15, 0.2) is 0 Å². The Morgan fingerprint density at radius 1 is 0.960 bits per heavy atom. The average molecular weight is 337 g/mol. The molecule has 2 amide bonds. The quantitative estimate of drug-likeness (QED) is 0.825. The molecule has 1 fully saturated rings. The van der Waals surface area contributed by atoms with E-state index in [1.54, 1.807) is 23.1 Å². The van der Waals surface area contributed by atoms with Crippen molar-refractivity contribution in [3.8, 4) is 0 Å². The third-order valence-corrected chi connectivity index (χ3v) is 4.36. The highest BCUT2D eigenvalue weighted by atomic mass is 16.2. The van der Waals surface area contributed by atoms with Gasteiger partial charge < -0.3 is 10.2 Å². The molecule has 25 heavy (non-hydrogen) atoms. The highest BCUT2D eigenvalue weighted by Gasteiger charge is 2.21. The zero-order chi connectivity index (χ0) is 17.5. The Balaban J connectivity index is 1.51.